The van der Waals surface area contributed by atoms with Gasteiger partial charge in [-0.3, -0.25) is 14.8 Å². The van der Waals surface area contributed by atoms with E-state index in [9.17, 15) is 4.79 Å². The van der Waals surface area contributed by atoms with E-state index in [4.69, 9.17) is 0 Å². The van der Waals surface area contributed by atoms with Gasteiger partial charge in [-0.1, -0.05) is 19.9 Å². The molecular weight excluding hydrogens is 262 g/mol. The normalized spacial score (nSPS) is 11.0. The van der Waals surface area contributed by atoms with E-state index in [2.05, 4.69) is 28.8 Å². The van der Waals surface area contributed by atoms with Crippen LogP contribution < -0.4 is 5.56 Å². The fourth-order valence-electron chi connectivity index (χ4n) is 2.49. The smallest absolute Gasteiger partial charge is 0.257 e. The minimum atomic E-state index is -0.114. The van der Waals surface area contributed by atoms with Gasteiger partial charge >= 0.3 is 0 Å². The highest BCUT2D eigenvalue weighted by Gasteiger charge is 2.10. The first kappa shape index (κ1) is 13.5. The number of aromatic amines is 1. The number of nitrogens with zero attached hydrogens (tertiary/aromatic N) is 2. The van der Waals surface area contributed by atoms with Crippen LogP contribution in [0.3, 0.4) is 0 Å². The zero-order chi connectivity index (χ0) is 14.8. The molecule has 0 aliphatic heterocycles. The van der Waals surface area contributed by atoms with Gasteiger partial charge in [0.15, 0.2) is 0 Å². The molecular formula is C17H17N3O. The lowest BCUT2D eigenvalue weighted by Crippen LogP contribution is -2.11. The lowest BCUT2D eigenvalue weighted by Gasteiger charge is -2.08. The molecule has 1 N–H and O–H groups in total. The maximum absolute atomic E-state index is 12.3. The van der Waals surface area contributed by atoms with Crippen molar-refractivity contribution in [3.8, 4) is 11.3 Å². The van der Waals surface area contributed by atoms with Gasteiger partial charge in [0.05, 0.1) is 16.8 Å². The Morgan fingerprint density at radius 1 is 1.14 bits per heavy atom. The molecule has 0 amide bonds. The lowest BCUT2D eigenvalue weighted by molar-refractivity contribution is 0.968. The molecule has 0 saturated heterocycles. The van der Waals surface area contributed by atoms with Crippen molar-refractivity contribution in [3.63, 3.8) is 0 Å². The Morgan fingerprint density at radius 2 is 2.00 bits per heavy atom. The highest BCUT2D eigenvalue weighted by Crippen LogP contribution is 2.21. The van der Waals surface area contributed by atoms with Gasteiger partial charge in [0.25, 0.3) is 5.56 Å². The summed E-state index contributed by atoms with van der Waals surface area (Å²) in [6.45, 7) is 4.14. The van der Waals surface area contributed by atoms with Crippen LogP contribution in [0.4, 0.5) is 0 Å². The summed E-state index contributed by atoms with van der Waals surface area (Å²) in [6, 6.07) is 9.42. The van der Waals surface area contributed by atoms with E-state index in [0.29, 0.717) is 11.3 Å². The van der Waals surface area contributed by atoms with Crippen LogP contribution in [0.25, 0.3) is 22.2 Å². The minimum Gasteiger partial charge on any atom is -0.321 e. The van der Waals surface area contributed by atoms with Crippen molar-refractivity contribution in [2.45, 2.75) is 26.7 Å². The van der Waals surface area contributed by atoms with Gasteiger partial charge in [-0.25, -0.2) is 0 Å². The molecule has 3 rings (SSSR count). The van der Waals surface area contributed by atoms with Crippen molar-refractivity contribution in [1.82, 2.24) is 15.0 Å². The van der Waals surface area contributed by atoms with Crippen LogP contribution >= 0.6 is 0 Å². The molecule has 0 bridgehead atoms. The Morgan fingerprint density at radius 3 is 2.67 bits per heavy atom. The minimum absolute atomic E-state index is 0.114. The molecule has 0 unspecified atom stereocenters. The van der Waals surface area contributed by atoms with Crippen molar-refractivity contribution in [2.75, 3.05) is 0 Å². The molecule has 3 aromatic rings. The van der Waals surface area contributed by atoms with E-state index in [-0.39, 0.29) is 5.56 Å². The van der Waals surface area contributed by atoms with E-state index in [0.717, 1.165) is 35.1 Å². The number of H-pyrrole nitrogens is 1. The second-order valence-electron chi connectivity index (χ2n) is 4.96. The molecule has 4 nitrogen and oxygen atoms in total. The first-order valence-corrected chi connectivity index (χ1v) is 7.20. The summed E-state index contributed by atoms with van der Waals surface area (Å²) in [5, 5.41) is 0.995. The molecule has 0 aliphatic rings. The summed E-state index contributed by atoms with van der Waals surface area (Å²) in [5.41, 5.74) is 4.02. The Kier molecular flexibility index (Phi) is 3.52. The molecule has 0 aromatic carbocycles. The molecule has 4 heteroatoms. The zero-order valence-corrected chi connectivity index (χ0v) is 12.2. The maximum atomic E-state index is 12.3. The van der Waals surface area contributed by atoms with Gasteiger partial charge in [-0.15, -0.1) is 0 Å². The van der Waals surface area contributed by atoms with Gasteiger partial charge in [0, 0.05) is 23.0 Å². The Bertz CT molecular complexity index is 838. The fourth-order valence-corrected chi connectivity index (χ4v) is 2.49. The topological polar surface area (TPSA) is 58.6 Å². The SMILES string of the molecule is CCc1cc2[nH]c(=O)c(-c3ccccn3)cc2c(CC)n1. The average Bonchev–Trinajstić information content (AvgIpc) is 2.53. The number of pyridine rings is 3. The first-order chi connectivity index (χ1) is 10.2. The van der Waals surface area contributed by atoms with E-state index >= 15 is 0 Å². The largest absolute Gasteiger partial charge is 0.321 e. The van der Waals surface area contributed by atoms with Crippen LogP contribution in [0.15, 0.2) is 41.3 Å². The third-order valence-electron chi connectivity index (χ3n) is 3.61. The average molecular weight is 279 g/mol. The maximum Gasteiger partial charge on any atom is 0.257 e. The highest BCUT2D eigenvalue weighted by molar-refractivity contribution is 5.85. The zero-order valence-electron chi connectivity index (χ0n) is 12.2. The summed E-state index contributed by atoms with van der Waals surface area (Å²) in [5.74, 6) is 0. The van der Waals surface area contributed by atoms with Gasteiger partial charge in [0.2, 0.25) is 0 Å². The van der Waals surface area contributed by atoms with Gasteiger partial charge in [-0.2, -0.15) is 0 Å². The Balaban J connectivity index is 2.31. The number of rotatable bonds is 3. The summed E-state index contributed by atoms with van der Waals surface area (Å²) in [6.07, 6.45) is 3.38. The van der Waals surface area contributed by atoms with Crippen LogP contribution in [-0.4, -0.2) is 15.0 Å². The molecule has 106 valence electrons. The van der Waals surface area contributed by atoms with Crippen LogP contribution in [0.5, 0.6) is 0 Å². The standard InChI is InChI=1S/C17H17N3O/c1-3-11-9-16-12(14(4-2)19-11)10-13(17(21)20-16)15-7-5-6-8-18-15/h5-10H,3-4H2,1-2H3,(H,20,21). The van der Waals surface area contributed by atoms with Gasteiger partial charge in [0.1, 0.15) is 0 Å². The van der Waals surface area contributed by atoms with Gasteiger partial charge in [-0.05, 0) is 37.1 Å². The van der Waals surface area contributed by atoms with Crippen molar-refractivity contribution in [3.05, 3.63) is 58.3 Å². The third-order valence-corrected chi connectivity index (χ3v) is 3.61. The van der Waals surface area contributed by atoms with Crippen molar-refractivity contribution in [1.29, 1.82) is 0 Å². The molecule has 0 radical (unpaired) electrons. The van der Waals surface area contributed by atoms with Crippen LogP contribution in [0.2, 0.25) is 0 Å². The van der Waals surface area contributed by atoms with Crippen LogP contribution in [0, 0.1) is 0 Å². The van der Waals surface area contributed by atoms with E-state index < -0.39 is 0 Å². The second-order valence-corrected chi connectivity index (χ2v) is 4.96. The molecule has 3 heterocycles. The van der Waals surface area contributed by atoms with Crippen LogP contribution in [-0.2, 0) is 12.8 Å². The lowest BCUT2D eigenvalue weighted by atomic mass is 10.1. The molecule has 0 spiro atoms. The quantitative estimate of drug-likeness (QED) is 0.801. The number of nitrogens with one attached hydrogen (secondary N) is 1. The van der Waals surface area contributed by atoms with Crippen molar-refractivity contribution in [2.24, 2.45) is 0 Å². The molecule has 0 atom stereocenters. The third kappa shape index (κ3) is 2.44. The predicted octanol–water partition coefficient (Wildman–Crippen LogP) is 3.11. The second kappa shape index (κ2) is 5.48. The summed E-state index contributed by atoms with van der Waals surface area (Å²) in [4.78, 5) is 24.2. The number of fused-ring (bicyclic) bond motifs is 1. The fraction of sp³-hybridized carbons (Fsp3) is 0.235. The molecule has 0 saturated carbocycles. The van der Waals surface area contributed by atoms with Crippen LogP contribution in [0.1, 0.15) is 25.2 Å². The van der Waals surface area contributed by atoms with E-state index in [1.165, 1.54) is 0 Å². The molecule has 0 fully saturated rings. The number of hydrogen-bond donors (Lipinski definition) is 1. The van der Waals surface area contributed by atoms with E-state index in [1.54, 1.807) is 6.20 Å². The predicted molar refractivity (Wildman–Crippen MR) is 84.4 cm³/mol. The van der Waals surface area contributed by atoms with Crippen molar-refractivity contribution >= 4 is 10.9 Å². The summed E-state index contributed by atoms with van der Waals surface area (Å²) >= 11 is 0. The van der Waals surface area contributed by atoms with Crippen molar-refractivity contribution < 1.29 is 0 Å². The Hall–Kier alpha value is -2.49. The number of aryl methyl sites for hydroxylation is 2. The molecule has 3 aromatic heterocycles. The molecule has 21 heavy (non-hydrogen) atoms. The Labute approximate surface area is 122 Å². The highest BCUT2D eigenvalue weighted by atomic mass is 16.1. The molecule has 0 aliphatic carbocycles. The summed E-state index contributed by atoms with van der Waals surface area (Å²) < 4.78 is 0. The number of hydrogen-bond acceptors (Lipinski definition) is 3. The number of aromatic nitrogens is 3. The monoisotopic (exact) mass is 279 g/mol. The summed E-state index contributed by atoms with van der Waals surface area (Å²) in [7, 11) is 0. The van der Waals surface area contributed by atoms with E-state index in [1.807, 2.05) is 30.3 Å². The van der Waals surface area contributed by atoms with Gasteiger partial charge < -0.3 is 4.98 Å². The first-order valence-electron chi connectivity index (χ1n) is 7.20.